The molecule has 21 heavy (non-hydrogen) atoms. The van der Waals surface area contributed by atoms with Crippen molar-refractivity contribution in [1.82, 2.24) is 4.90 Å². The molecule has 0 aromatic heterocycles. The van der Waals surface area contributed by atoms with E-state index < -0.39 is 6.04 Å². The van der Waals surface area contributed by atoms with Gasteiger partial charge in [-0.25, -0.2) is 0 Å². The van der Waals surface area contributed by atoms with Crippen LogP contribution in [0, 0.1) is 0 Å². The third-order valence-electron chi connectivity index (χ3n) is 3.89. The van der Waals surface area contributed by atoms with E-state index in [0.29, 0.717) is 0 Å². The molecule has 1 aromatic rings. The van der Waals surface area contributed by atoms with E-state index in [9.17, 15) is 4.79 Å². The lowest BCUT2D eigenvalue weighted by atomic mass is 10.0. The number of hydrogen-bond donors (Lipinski definition) is 1. The summed E-state index contributed by atoms with van der Waals surface area (Å²) in [6.45, 7) is 4.34. The van der Waals surface area contributed by atoms with Crippen molar-refractivity contribution in [2.45, 2.75) is 45.2 Å². The zero-order valence-corrected chi connectivity index (χ0v) is 13.0. The summed E-state index contributed by atoms with van der Waals surface area (Å²) in [6, 6.07) is 5.58. The van der Waals surface area contributed by atoms with Crippen LogP contribution in [-0.4, -0.2) is 36.7 Å². The van der Waals surface area contributed by atoms with Crippen molar-refractivity contribution in [3.05, 3.63) is 23.8 Å². The molecule has 1 aromatic carbocycles. The van der Waals surface area contributed by atoms with Crippen molar-refractivity contribution in [3.8, 4) is 11.5 Å². The topological polar surface area (TPSA) is 64.8 Å². The van der Waals surface area contributed by atoms with E-state index in [0.717, 1.165) is 36.3 Å². The number of hydrogen-bond acceptors (Lipinski definition) is 4. The lowest BCUT2D eigenvalue weighted by Crippen LogP contribution is -2.46. The van der Waals surface area contributed by atoms with Crippen molar-refractivity contribution in [2.24, 2.45) is 5.73 Å². The fourth-order valence-electron chi connectivity index (χ4n) is 2.46. The molecule has 1 aliphatic rings. The number of nitrogens with two attached hydrogens (primary N) is 1. The molecule has 0 fully saturated rings. The predicted octanol–water partition coefficient (Wildman–Crippen LogP) is 1.93. The SMILES string of the molecule is CCCC(N)C(=O)N(C)C(C)Cc1ccc2c(c1)OCO2. The molecule has 2 atom stereocenters. The highest BCUT2D eigenvalue weighted by Crippen LogP contribution is 2.32. The fraction of sp³-hybridized carbons (Fsp3) is 0.562. The molecule has 0 bridgehead atoms. The van der Waals surface area contributed by atoms with Crippen LogP contribution in [0.2, 0.25) is 0 Å². The summed E-state index contributed by atoms with van der Waals surface area (Å²) in [7, 11) is 1.81. The van der Waals surface area contributed by atoms with E-state index in [4.69, 9.17) is 15.2 Å². The normalized spacial score (nSPS) is 15.6. The van der Waals surface area contributed by atoms with Gasteiger partial charge in [-0.1, -0.05) is 19.4 Å². The average molecular weight is 292 g/mol. The number of likely N-dealkylation sites (N-methyl/N-ethyl adjacent to an activating group) is 1. The Hall–Kier alpha value is -1.75. The highest BCUT2D eigenvalue weighted by atomic mass is 16.7. The van der Waals surface area contributed by atoms with E-state index in [2.05, 4.69) is 0 Å². The predicted molar refractivity (Wildman–Crippen MR) is 81.4 cm³/mol. The van der Waals surface area contributed by atoms with Crippen molar-refractivity contribution in [2.75, 3.05) is 13.8 Å². The highest BCUT2D eigenvalue weighted by molar-refractivity contribution is 5.81. The Morgan fingerprint density at radius 1 is 1.38 bits per heavy atom. The van der Waals surface area contributed by atoms with Gasteiger partial charge in [0.15, 0.2) is 11.5 Å². The number of benzene rings is 1. The first-order chi connectivity index (χ1) is 10.0. The molecule has 5 heteroatoms. The summed E-state index contributed by atoms with van der Waals surface area (Å²) in [4.78, 5) is 13.9. The number of amides is 1. The molecule has 1 aliphatic heterocycles. The van der Waals surface area contributed by atoms with Gasteiger partial charge in [0.05, 0.1) is 6.04 Å². The molecular formula is C16H24N2O3. The van der Waals surface area contributed by atoms with Crippen LogP contribution in [0.4, 0.5) is 0 Å². The molecule has 0 radical (unpaired) electrons. The molecule has 2 N–H and O–H groups in total. The molecule has 0 saturated heterocycles. The van der Waals surface area contributed by atoms with E-state index in [1.165, 1.54) is 0 Å². The smallest absolute Gasteiger partial charge is 0.239 e. The number of fused-ring (bicyclic) bond motifs is 1. The summed E-state index contributed by atoms with van der Waals surface area (Å²) < 4.78 is 10.7. The maximum absolute atomic E-state index is 12.2. The third-order valence-corrected chi connectivity index (χ3v) is 3.89. The Labute approximate surface area is 126 Å². The second-order valence-electron chi connectivity index (χ2n) is 5.59. The van der Waals surface area contributed by atoms with Crippen LogP contribution in [0.3, 0.4) is 0 Å². The van der Waals surface area contributed by atoms with Crippen molar-refractivity contribution < 1.29 is 14.3 Å². The number of carbonyl (C=O) groups is 1. The summed E-state index contributed by atoms with van der Waals surface area (Å²) in [6.07, 6.45) is 2.40. The number of nitrogens with zero attached hydrogens (tertiary/aromatic N) is 1. The number of carbonyl (C=O) groups excluding carboxylic acids is 1. The average Bonchev–Trinajstić information content (AvgIpc) is 2.93. The first-order valence-electron chi connectivity index (χ1n) is 7.43. The number of rotatable bonds is 6. The van der Waals surface area contributed by atoms with Gasteiger partial charge in [0.1, 0.15) is 0 Å². The van der Waals surface area contributed by atoms with Gasteiger partial charge in [-0.3, -0.25) is 4.79 Å². The molecule has 0 aliphatic carbocycles. The Kier molecular flexibility index (Phi) is 5.07. The van der Waals surface area contributed by atoms with Gasteiger partial charge in [-0.15, -0.1) is 0 Å². The third kappa shape index (κ3) is 3.67. The minimum Gasteiger partial charge on any atom is -0.454 e. The van der Waals surface area contributed by atoms with Crippen LogP contribution in [0.5, 0.6) is 11.5 Å². The Balaban J connectivity index is 1.97. The largest absolute Gasteiger partial charge is 0.454 e. The molecule has 2 unspecified atom stereocenters. The summed E-state index contributed by atoms with van der Waals surface area (Å²) in [5.74, 6) is 1.56. The second kappa shape index (κ2) is 6.80. The molecule has 0 saturated carbocycles. The highest BCUT2D eigenvalue weighted by Gasteiger charge is 2.22. The molecule has 0 spiro atoms. The minimum atomic E-state index is -0.404. The van der Waals surface area contributed by atoms with Crippen LogP contribution >= 0.6 is 0 Å². The van der Waals surface area contributed by atoms with Crippen LogP contribution in [0.1, 0.15) is 32.3 Å². The maximum atomic E-state index is 12.2. The van der Waals surface area contributed by atoms with Gasteiger partial charge in [0, 0.05) is 13.1 Å². The monoisotopic (exact) mass is 292 g/mol. The van der Waals surface area contributed by atoms with Gasteiger partial charge in [0.2, 0.25) is 12.7 Å². The maximum Gasteiger partial charge on any atom is 0.239 e. The molecule has 2 rings (SSSR count). The van der Waals surface area contributed by atoms with E-state index >= 15 is 0 Å². The second-order valence-corrected chi connectivity index (χ2v) is 5.59. The van der Waals surface area contributed by atoms with Gasteiger partial charge in [-0.05, 0) is 37.5 Å². The minimum absolute atomic E-state index is 0.00472. The number of ether oxygens (including phenoxy) is 2. The van der Waals surface area contributed by atoms with E-state index in [-0.39, 0.29) is 18.7 Å². The molecule has 1 amide bonds. The van der Waals surface area contributed by atoms with E-state index in [1.807, 2.05) is 39.1 Å². The summed E-state index contributed by atoms with van der Waals surface area (Å²) in [5.41, 5.74) is 7.03. The Bertz CT molecular complexity index is 504. The molecule has 116 valence electrons. The molecule has 5 nitrogen and oxygen atoms in total. The van der Waals surface area contributed by atoms with Crippen LogP contribution < -0.4 is 15.2 Å². The standard InChI is InChI=1S/C16H24N2O3/c1-4-5-13(17)16(19)18(3)11(2)8-12-6-7-14-15(9-12)21-10-20-14/h6-7,9,11,13H,4-5,8,10,17H2,1-3H3. The van der Waals surface area contributed by atoms with Gasteiger partial charge in [-0.2, -0.15) is 0 Å². The molecular weight excluding hydrogens is 268 g/mol. The van der Waals surface area contributed by atoms with Gasteiger partial charge < -0.3 is 20.1 Å². The van der Waals surface area contributed by atoms with Crippen molar-refractivity contribution in [3.63, 3.8) is 0 Å². The first kappa shape index (κ1) is 15.6. The summed E-state index contributed by atoms with van der Waals surface area (Å²) in [5, 5.41) is 0. The lowest BCUT2D eigenvalue weighted by molar-refractivity contribution is -0.133. The summed E-state index contributed by atoms with van der Waals surface area (Å²) >= 11 is 0. The van der Waals surface area contributed by atoms with Crippen LogP contribution in [0.25, 0.3) is 0 Å². The zero-order valence-electron chi connectivity index (χ0n) is 13.0. The van der Waals surface area contributed by atoms with Crippen LogP contribution in [0.15, 0.2) is 18.2 Å². The van der Waals surface area contributed by atoms with E-state index in [1.54, 1.807) is 4.90 Å². The van der Waals surface area contributed by atoms with Gasteiger partial charge in [0.25, 0.3) is 0 Å². The fourth-order valence-corrected chi connectivity index (χ4v) is 2.46. The Morgan fingerprint density at radius 3 is 2.81 bits per heavy atom. The first-order valence-corrected chi connectivity index (χ1v) is 7.43. The van der Waals surface area contributed by atoms with Crippen molar-refractivity contribution >= 4 is 5.91 Å². The quantitative estimate of drug-likeness (QED) is 0.870. The molecule has 1 heterocycles. The lowest BCUT2D eigenvalue weighted by Gasteiger charge is -2.27. The Morgan fingerprint density at radius 2 is 2.10 bits per heavy atom. The zero-order chi connectivity index (χ0) is 15.4. The van der Waals surface area contributed by atoms with Gasteiger partial charge >= 0.3 is 0 Å². The van der Waals surface area contributed by atoms with Crippen LogP contribution in [-0.2, 0) is 11.2 Å². The van der Waals surface area contributed by atoms with Crippen molar-refractivity contribution in [1.29, 1.82) is 0 Å².